The molecule has 0 aliphatic carbocycles. The van der Waals surface area contributed by atoms with Gasteiger partial charge in [-0.1, -0.05) is 0 Å². The minimum atomic E-state index is -0.185. The highest BCUT2D eigenvalue weighted by molar-refractivity contribution is 5.46. The highest BCUT2D eigenvalue weighted by Crippen LogP contribution is 2.17. The number of aryl methyl sites for hydroxylation is 1. The summed E-state index contributed by atoms with van der Waals surface area (Å²) in [6, 6.07) is 6.71. The standard InChI is InChI=1S/C14H18FN5/c1-18-14(16-11-17-18)10-19-6-8-20(9-7-19)13-4-2-12(15)3-5-13/h2-5,11H,6-10H2,1H3. The van der Waals surface area contributed by atoms with Crippen molar-refractivity contribution < 1.29 is 4.39 Å². The zero-order chi connectivity index (χ0) is 13.9. The third kappa shape index (κ3) is 2.80. The van der Waals surface area contributed by atoms with Crippen LogP contribution in [0.1, 0.15) is 5.82 Å². The summed E-state index contributed by atoms with van der Waals surface area (Å²) in [5.41, 5.74) is 1.09. The molecule has 0 atom stereocenters. The molecule has 0 spiro atoms. The van der Waals surface area contributed by atoms with E-state index in [1.165, 1.54) is 12.1 Å². The molecule has 1 aromatic heterocycles. The fourth-order valence-corrected chi connectivity index (χ4v) is 2.48. The van der Waals surface area contributed by atoms with Crippen molar-refractivity contribution in [2.24, 2.45) is 7.05 Å². The molecule has 3 rings (SSSR count). The summed E-state index contributed by atoms with van der Waals surface area (Å²) >= 11 is 0. The third-order valence-electron chi connectivity index (χ3n) is 3.73. The predicted octanol–water partition coefficient (Wildman–Crippen LogP) is 1.28. The Balaban J connectivity index is 1.57. The van der Waals surface area contributed by atoms with E-state index < -0.39 is 0 Å². The van der Waals surface area contributed by atoms with Gasteiger partial charge in [0.2, 0.25) is 0 Å². The summed E-state index contributed by atoms with van der Waals surface area (Å²) in [7, 11) is 1.91. The minimum Gasteiger partial charge on any atom is -0.369 e. The minimum absolute atomic E-state index is 0.185. The van der Waals surface area contributed by atoms with E-state index in [9.17, 15) is 4.39 Å². The lowest BCUT2D eigenvalue weighted by atomic mass is 10.2. The van der Waals surface area contributed by atoms with E-state index in [1.54, 1.807) is 6.33 Å². The largest absolute Gasteiger partial charge is 0.369 e. The molecule has 0 radical (unpaired) electrons. The van der Waals surface area contributed by atoms with Gasteiger partial charge in [0.15, 0.2) is 0 Å². The lowest BCUT2D eigenvalue weighted by Crippen LogP contribution is -2.46. The van der Waals surface area contributed by atoms with E-state index in [0.29, 0.717) is 0 Å². The highest BCUT2D eigenvalue weighted by Gasteiger charge is 2.18. The first-order valence-electron chi connectivity index (χ1n) is 6.78. The average molecular weight is 275 g/mol. The van der Waals surface area contributed by atoms with Gasteiger partial charge < -0.3 is 4.90 Å². The maximum Gasteiger partial charge on any atom is 0.140 e. The molecule has 0 amide bonds. The maximum atomic E-state index is 12.9. The molecule has 1 aliphatic heterocycles. The molecule has 0 unspecified atom stereocenters. The van der Waals surface area contributed by atoms with Gasteiger partial charge in [-0.05, 0) is 24.3 Å². The first kappa shape index (κ1) is 13.1. The van der Waals surface area contributed by atoms with Crippen molar-refractivity contribution in [1.82, 2.24) is 19.7 Å². The molecular formula is C14H18FN5. The van der Waals surface area contributed by atoms with E-state index in [-0.39, 0.29) is 5.82 Å². The van der Waals surface area contributed by atoms with E-state index in [0.717, 1.165) is 44.2 Å². The van der Waals surface area contributed by atoms with Crippen LogP contribution in [-0.4, -0.2) is 45.8 Å². The third-order valence-corrected chi connectivity index (χ3v) is 3.73. The zero-order valence-corrected chi connectivity index (χ0v) is 11.5. The lowest BCUT2D eigenvalue weighted by Gasteiger charge is -2.35. The van der Waals surface area contributed by atoms with Crippen LogP contribution in [0.2, 0.25) is 0 Å². The highest BCUT2D eigenvalue weighted by atomic mass is 19.1. The summed E-state index contributed by atoms with van der Waals surface area (Å²) in [5, 5.41) is 4.09. The maximum absolute atomic E-state index is 12.9. The van der Waals surface area contributed by atoms with Crippen LogP contribution in [0.25, 0.3) is 0 Å². The van der Waals surface area contributed by atoms with Crippen LogP contribution < -0.4 is 4.90 Å². The van der Waals surface area contributed by atoms with Gasteiger partial charge in [0.25, 0.3) is 0 Å². The molecule has 6 heteroatoms. The van der Waals surface area contributed by atoms with Gasteiger partial charge in [-0.15, -0.1) is 0 Å². The van der Waals surface area contributed by atoms with Gasteiger partial charge in [0, 0.05) is 38.9 Å². The second kappa shape index (κ2) is 5.58. The predicted molar refractivity (Wildman–Crippen MR) is 74.9 cm³/mol. The van der Waals surface area contributed by atoms with Crippen molar-refractivity contribution in [2.45, 2.75) is 6.54 Å². The number of rotatable bonds is 3. The summed E-state index contributed by atoms with van der Waals surface area (Å²) in [5.74, 6) is 0.801. The van der Waals surface area contributed by atoms with Crippen molar-refractivity contribution in [2.75, 3.05) is 31.1 Å². The Hall–Kier alpha value is -1.95. The number of benzene rings is 1. The van der Waals surface area contributed by atoms with Crippen LogP contribution >= 0.6 is 0 Å². The van der Waals surface area contributed by atoms with Gasteiger partial charge in [-0.3, -0.25) is 9.58 Å². The number of anilines is 1. The molecule has 106 valence electrons. The van der Waals surface area contributed by atoms with Crippen LogP contribution in [-0.2, 0) is 13.6 Å². The fourth-order valence-electron chi connectivity index (χ4n) is 2.48. The first-order valence-corrected chi connectivity index (χ1v) is 6.78. The number of hydrogen-bond donors (Lipinski definition) is 0. The van der Waals surface area contributed by atoms with Crippen molar-refractivity contribution in [3.8, 4) is 0 Å². The van der Waals surface area contributed by atoms with Crippen LogP contribution in [0.4, 0.5) is 10.1 Å². The summed E-state index contributed by atoms with van der Waals surface area (Å²) < 4.78 is 14.7. The van der Waals surface area contributed by atoms with Crippen LogP contribution in [0.15, 0.2) is 30.6 Å². The molecule has 2 aromatic rings. The van der Waals surface area contributed by atoms with Crippen molar-refractivity contribution in [1.29, 1.82) is 0 Å². The van der Waals surface area contributed by atoms with Gasteiger partial charge in [0.05, 0.1) is 6.54 Å². The quantitative estimate of drug-likeness (QED) is 0.845. The summed E-state index contributed by atoms with van der Waals surface area (Å²) in [4.78, 5) is 8.90. The molecule has 0 N–H and O–H groups in total. The Morgan fingerprint density at radius 2 is 1.80 bits per heavy atom. The van der Waals surface area contributed by atoms with Gasteiger partial charge in [-0.2, -0.15) is 5.10 Å². The number of halogens is 1. The van der Waals surface area contributed by atoms with Crippen LogP contribution in [0.5, 0.6) is 0 Å². The summed E-state index contributed by atoms with van der Waals surface area (Å²) in [6.45, 7) is 4.68. The van der Waals surface area contributed by atoms with E-state index in [4.69, 9.17) is 0 Å². The second-order valence-corrected chi connectivity index (χ2v) is 5.04. The van der Waals surface area contributed by atoms with Crippen molar-refractivity contribution >= 4 is 5.69 Å². The number of aromatic nitrogens is 3. The first-order chi connectivity index (χ1) is 9.72. The van der Waals surface area contributed by atoms with Crippen LogP contribution in [0, 0.1) is 5.82 Å². The molecule has 1 aromatic carbocycles. The monoisotopic (exact) mass is 275 g/mol. The molecule has 2 heterocycles. The topological polar surface area (TPSA) is 37.2 Å². The molecule has 0 bridgehead atoms. The Morgan fingerprint density at radius 3 is 2.40 bits per heavy atom. The Labute approximate surface area is 117 Å². The molecular weight excluding hydrogens is 257 g/mol. The van der Waals surface area contributed by atoms with Crippen LogP contribution in [0.3, 0.4) is 0 Å². The van der Waals surface area contributed by atoms with E-state index in [1.807, 2.05) is 23.9 Å². The molecule has 1 saturated heterocycles. The second-order valence-electron chi connectivity index (χ2n) is 5.04. The Bertz CT molecular complexity index is 557. The van der Waals surface area contributed by atoms with Crippen molar-refractivity contribution in [3.63, 3.8) is 0 Å². The van der Waals surface area contributed by atoms with Gasteiger partial charge in [-0.25, -0.2) is 9.37 Å². The number of piperazine rings is 1. The molecule has 5 nitrogen and oxygen atoms in total. The smallest absolute Gasteiger partial charge is 0.140 e. The molecule has 1 aliphatic rings. The van der Waals surface area contributed by atoms with Crippen molar-refractivity contribution in [3.05, 3.63) is 42.2 Å². The SMILES string of the molecule is Cn1ncnc1CN1CCN(c2ccc(F)cc2)CC1. The Kier molecular flexibility index (Phi) is 3.64. The molecule has 1 fully saturated rings. The average Bonchev–Trinajstić information content (AvgIpc) is 2.86. The van der Waals surface area contributed by atoms with Gasteiger partial charge in [0.1, 0.15) is 18.0 Å². The van der Waals surface area contributed by atoms with E-state index in [2.05, 4.69) is 19.9 Å². The van der Waals surface area contributed by atoms with E-state index >= 15 is 0 Å². The number of hydrogen-bond acceptors (Lipinski definition) is 4. The zero-order valence-electron chi connectivity index (χ0n) is 11.5. The molecule has 0 saturated carbocycles. The Morgan fingerprint density at radius 1 is 1.10 bits per heavy atom. The van der Waals surface area contributed by atoms with Gasteiger partial charge >= 0.3 is 0 Å². The molecule has 20 heavy (non-hydrogen) atoms. The summed E-state index contributed by atoms with van der Waals surface area (Å²) in [6.07, 6.45) is 1.59. The normalized spacial score (nSPS) is 16.6. The lowest BCUT2D eigenvalue weighted by molar-refractivity contribution is 0.241. The fraction of sp³-hybridized carbons (Fsp3) is 0.429. The number of nitrogens with zero attached hydrogens (tertiary/aromatic N) is 5.